The molecule has 3 rings (SSSR count). The summed E-state index contributed by atoms with van der Waals surface area (Å²) in [6, 6.07) is 3.37. The fraction of sp³-hybridized carbons (Fsp3) is 0.353. The van der Waals surface area contributed by atoms with Crippen molar-refractivity contribution in [2.45, 2.75) is 25.8 Å². The minimum atomic E-state index is -1.13. The molecule has 1 saturated heterocycles. The molecule has 1 aromatic carbocycles. The van der Waals surface area contributed by atoms with Gasteiger partial charge in [-0.3, -0.25) is 14.3 Å². The van der Waals surface area contributed by atoms with Gasteiger partial charge in [0.2, 0.25) is 5.91 Å². The minimum absolute atomic E-state index is 0. The summed E-state index contributed by atoms with van der Waals surface area (Å²) >= 11 is 0. The van der Waals surface area contributed by atoms with E-state index in [4.69, 9.17) is 0 Å². The Bertz CT molecular complexity index is 837. The SMILES string of the molecule is CC(=O)Nc1cc(F)c(F)cc1NC(=O)c1ccn(C2CCCNC2)n1.Cl. The number of benzene rings is 1. The van der Waals surface area contributed by atoms with Gasteiger partial charge in [-0.25, -0.2) is 8.78 Å². The molecule has 7 nitrogen and oxygen atoms in total. The van der Waals surface area contributed by atoms with Gasteiger partial charge in [0.05, 0.1) is 17.4 Å². The first-order valence-electron chi connectivity index (χ1n) is 8.28. The van der Waals surface area contributed by atoms with E-state index in [0.717, 1.165) is 38.1 Å². The van der Waals surface area contributed by atoms with Crippen LogP contribution in [0.2, 0.25) is 0 Å². The molecule has 0 spiro atoms. The van der Waals surface area contributed by atoms with Gasteiger partial charge in [0, 0.05) is 31.8 Å². The van der Waals surface area contributed by atoms with Crippen LogP contribution in [0.15, 0.2) is 24.4 Å². The lowest BCUT2D eigenvalue weighted by Gasteiger charge is -2.22. The van der Waals surface area contributed by atoms with Crippen molar-refractivity contribution in [1.82, 2.24) is 15.1 Å². The normalized spacial score (nSPS) is 16.3. The predicted octanol–water partition coefficient (Wildman–Crippen LogP) is 2.72. The number of piperidine rings is 1. The second-order valence-electron chi connectivity index (χ2n) is 6.13. The Morgan fingerprint density at radius 1 is 1.22 bits per heavy atom. The topological polar surface area (TPSA) is 88.0 Å². The van der Waals surface area contributed by atoms with Gasteiger partial charge in [-0.05, 0) is 25.5 Å². The highest BCUT2D eigenvalue weighted by Crippen LogP contribution is 2.26. The molecule has 0 bridgehead atoms. The number of carbonyl (C=O) groups is 2. The summed E-state index contributed by atoms with van der Waals surface area (Å²) in [5.41, 5.74) is 0.0766. The largest absolute Gasteiger partial charge is 0.324 e. The van der Waals surface area contributed by atoms with Crippen molar-refractivity contribution in [3.63, 3.8) is 0 Å². The monoisotopic (exact) mass is 399 g/mol. The number of nitrogens with zero attached hydrogens (tertiary/aromatic N) is 2. The van der Waals surface area contributed by atoms with Crippen molar-refractivity contribution in [1.29, 1.82) is 0 Å². The van der Waals surface area contributed by atoms with E-state index in [2.05, 4.69) is 21.0 Å². The molecule has 0 saturated carbocycles. The molecule has 1 aromatic heterocycles. The molecule has 1 atom stereocenters. The molecular weight excluding hydrogens is 380 g/mol. The molecule has 27 heavy (non-hydrogen) atoms. The molecule has 2 heterocycles. The number of anilines is 2. The highest BCUT2D eigenvalue weighted by Gasteiger charge is 2.19. The van der Waals surface area contributed by atoms with Gasteiger partial charge in [0.1, 0.15) is 0 Å². The maximum absolute atomic E-state index is 13.5. The number of amides is 2. The third kappa shape index (κ3) is 5.01. The van der Waals surface area contributed by atoms with Crippen LogP contribution in [0.5, 0.6) is 0 Å². The lowest BCUT2D eigenvalue weighted by Crippen LogP contribution is -2.32. The van der Waals surface area contributed by atoms with Crippen LogP contribution < -0.4 is 16.0 Å². The zero-order chi connectivity index (χ0) is 18.7. The van der Waals surface area contributed by atoms with Gasteiger partial charge >= 0.3 is 0 Å². The number of rotatable bonds is 4. The Balaban J connectivity index is 0.00000261. The first-order valence-corrected chi connectivity index (χ1v) is 8.28. The maximum Gasteiger partial charge on any atom is 0.276 e. The van der Waals surface area contributed by atoms with Gasteiger partial charge in [-0.2, -0.15) is 5.10 Å². The van der Waals surface area contributed by atoms with Crippen LogP contribution in [0.1, 0.15) is 36.3 Å². The van der Waals surface area contributed by atoms with Crippen LogP contribution in [0, 0.1) is 11.6 Å². The summed E-state index contributed by atoms with van der Waals surface area (Å²) in [6.07, 6.45) is 3.71. The summed E-state index contributed by atoms with van der Waals surface area (Å²) in [5, 5.41) is 12.4. The van der Waals surface area contributed by atoms with Crippen molar-refractivity contribution in [3.05, 3.63) is 41.7 Å². The fourth-order valence-electron chi connectivity index (χ4n) is 2.85. The lowest BCUT2D eigenvalue weighted by molar-refractivity contribution is -0.114. The first-order chi connectivity index (χ1) is 12.4. The van der Waals surface area contributed by atoms with E-state index in [1.165, 1.54) is 6.92 Å². The summed E-state index contributed by atoms with van der Waals surface area (Å²) in [6.45, 7) is 2.97. The number of nitrogens with one attached hydrogen (secondary N) is 3. The van der Waals surface area contributed by atoms with Gasteiger partial charge in [0.25, 0.3) is 5.91 Å². The second-order valence-corrected chi connectivity index (χ2v) is 6.13. The van der Waals surface area contributed by atoms with Crippen LogP contribution in [0.3, 0.4) is 0 Å². The molecule has 1 unspecified atom stereocenters. The number of hydrogen-bond donors (Lipinski definition) is 3. The van der Waals surface area contributed by atoms with Crippen molar-refractivity contribution >= 4 is 35.6 Å². The molecule has 0 aliphatic carbocycles. The molecule has 1 aliphatic rings. The molecule has 146 valence electrons. The van der Waals surface area contributed by atoms with Crippen LogP contribution in [-0.2, 0) is 4.79 Å². The highest BCUT2D eigenvalue weighted by molar-refractivity contribution is 6.06. The molecule has 1 fully saturated rings. The maximum atomic E-state index is 13.5. The molecule has 10 heteroatoms. The lowest BCUT2D eigenvalue weighted by atomic mass is 10.1. The predicted molar refractivity (Wildman–Crippen MR) is 99.2 cm³/mol. The van der Waals surface area contributed by atoms with E-state index in [9.17, 15) is 18.4 Å². The van der Waals surface area contributed by atoms with E-state index < -0.39 is 23.4 Å². The Kier molecular flexibility index (Phi) is 6.86. The zero-order valence-electron chi connectivity index (χ0n) is 14.6. The van der Waals surface area contributed by atoms with Crippen molar-refractivity contribution in [3.8, 4) is 0 Å². The molecule has 3 N–H and O–H groups in total. The summed E-state index contributed by atoms with van der Waals surface area (Å²) in [4.78, 5) is 23.6. The van der Waals surface area contributed by atoms with E-state index >= 15 is 0 Å². The number of carbonyl (C=O) groups excluding carboxylic acids is 2. The van der Waals surface area contributed by atoms with Crippen LogP contribution in [-0.4, -0.2) is 34.7 Å². The van der Waals surface area contributed by atoms with Gasteiger partial charge in [0.15, 0.2) is 17.3 Å². The van der Waals surface area contributed by atoms with E-state index in [0.29, 0.717) is 0 Å². The summed E-state index contributed by atoms with van der Waals surface area (Å²) < 4.78 is 28.7. The molecular formula is C17H20ClF2N5O2. The Hall–Kier alpha value is -2.52. The minimum Gasteiger partial charge on any atom is -0.324 e. The molecule has 2 aromatic rings. The average Bonchev–Trinajstić information content (AvgIpc) is 3.10. The third-order valence-corrected chi connectivity index (χ3v) is 4.11. The van der Waals surface area contributed by atoms with E-state index in [1.807, 2.05) is 0 Å². The Morgan fingerprint density at radius 3 is 2.48 bits per heavy atom. The smallest absolute Gasteiger partial charge is 0.276 e. The fourth-order valence-corrected chi connectivity index (χ4v) is 2.85. The van der Waals surface area contributed by atoms with E-state index in [1.54, 1.807) is 16.9 Å². The second kappa shape index (κ2) is 8.92. The Labute approximate surface area is 160 Å². The van der Waals surface area contributed by atoms with Gasteiger partial charge in [-0.15, -0.1) is 12.4 Å². The van der Waals surface area contributed by atoms with Crippen molar-refractivity contribution in [2.24, 2.45) is 0 Å². The first kappa shape index (κ1) is 20.8. The highest BCUT2D eigenvalue weighted by atomic mass is 35.5. The number of hydrogen-bond acceptors (Lipinski definition) is 4. The molecule has 2 amide bonds. The number of halogens is 3. The van der Waals surface area contributed by atoms with Gasteiger partial charge in [-0.1, -0.05) is 0 Å². The zero-order valence-corrected chi connectivity index (χ0v) is 15.4. The van der Waals surface area contributed by atoms with Gasteiger partial charge < -0.3 is 16.0 Å². The van der Waals surface area contributed by atoms with Crippen LogP contribution in [0.25, 0.3) is 0 Å². The molecule has 1 aliphatic heterocycles. The van der Waals surface area contributed by atoms with Crippen molar-refractivity contribution < 1.29 is 18.4 Å². The number of aromatic nitrogens is 2. The summed E-state index contributed by atoms with van der Waals surface area (Å²) in [5.74, 6) is -3.31. The molecule has 0 radical (unpaired) electrons. The van der Waals surface area contributed by atoms with Crippen LogP contribution >= 0.6 is 12.4 Å². The quantitative estimate of drug-likeness (QED) is 0.737. The van der Waals surface area contributed by atoms with Crippen molar-refractivity contribution in [2.75, 3.05) is 23.7 Å². The standard InChI is InChI=1S/C17H19F2N5O2.ClH/c1-10(25)21-15-7-12(18)13(19)8-16(15)22-17(26)14-4-6-24(23-14)11-3-2-5-20-9-11;/h4,6-8,11,20H,2-3,5,9H2,1H3,(H,21,25)(H,22,26);1H. The summed E-state index contributed by atoms with van der Waals surface area (Å²) in [7, 11) is 0. The Morgan fingerprint density at radius 2 is 1.89 bits per heavy atom. The van der Waals surface area contributed by atoms with E-state index in [-0.39, 0.29) is 35.5 Å². The van der Waals surface area contributed by atoms with Crippen LogP contribution in [0.4, 0.5) is 20.2 Å². The third-order valence-electron chi connectivity index (χ3n) is 4.11. The average molecular weight is 400 g/mol.